The van der Waals surface area contributed by atoms with E-state index in [0.717, 1.165) is 24.0 Å². The van der Waals surface area contributed by atoms with E-state index in [1.54, 1.807) is 17.0 Å². The highest BCUT2D eigenvalue weighted by atomic mass is 32.2. The summed E-state index contributed by atoms with van der Waals surface area (Å²) in [6.45, 7) is 3.63. The van der Waals surface area contributed by atoms with Gasteiger partial charge in [-0.15, -0.1) is 0 Å². The Labute approximate surface area is 161 Å². The highest BCUT2D eigenvalue weighted by Crippen LogP contribution is 2.19. The van der Waals surface area contributed by atoms with E-state index >= 15 is 0 Å². The number of hydrogen-bond donors (Lipinski definition) is 0. The number of hydrogen-bond acceptors (Lipinski definition) is 3. The van der Waals surface area contributed by atoms with Crippen molar-refractivity contribution in [2.24, 2.45) is 0 Å². The van der Waals surface area contributed by atoms with Crippen LogP contribution in [0.1, 0.15) is 24.5 Å². The minimum absolute atomic E-state index is 0.0437. The summed E-state index contributed by atoms with van der Waals surface area (Å²) < 4.78 is 27.2. The largest absolute Gasteiger partial charge is 0.340 e. The molecule has 1 fully saturated rings. The third kappa shape index (κ3) is 4.76. The molecule has 0 radical (unpaired) electrons. The first-order chi connectivity index (χ1) is 13.0. The minimum Gasteiger partial charge on any atom is -0.340 e. The fourth-order valence-corrected chi connectivity index (χ4v) is 4.75. The summed E-state index contributed by atoms with van der Waals surface area (Å²) in [5.74, 6) is 0.0437. The molecule has 1 aliphatic rings. The molecule has 144 valence electrons. The van der Waals surface area contributed by atoms with Gasteiger partial charge in [-0.25, -0.2) is 8.42 Å². The molecule has 27 heavy (non-hydrogen) atoms. The average molecular weight is 387 g/mol. The maximum atomic E-state index is 12.8. The van der Waals surface area contributed by atoms with Gasteiger partial charge in [-0.05, 0) is 29.7 Å². The second-order valence-electron chi connectivity index (χ2n) is 6.84. The summed E-state index contributed by atoms with van der Waals surface area (Å²) in [5.41, 5.74) is 2.12. The average Bonchev–Trinajstić information content (AvgIpc) is 2.69. The van der Waals surface area contributed by atoms with Crippen LogP contribution in [0, 0.1) is 0 Å². The lowest BCUT2D eigenvalue weighted by Crippen LogP contribution is -2.50. The first kappa shape index (κ1) is 19.6. The molecular weight excluding hydrogens is 360 g/mol. The van der Waals surface area contributed by atoms with Crippen molar-refractivity contribution >= 4 is 15.9 Å². The van der Waals surface area contributed by atoms with Gasteiger partial charge in [0.05, 0.1) is 11.3 Å². The van der Waals surface area contributed by atoms with Crippen LogP contribution in [-0.4, -0.2) is 49.7 Å². The van der Waals surface area contributed by atoms with Crippen molar-refractivity contribution in [2.75, 3.05) is 26.2 Å². The number of rotatable bonds is 6. The van der Waals surface area contributed by atoms with Crippen LogP contribution in [-0.2, 0) is 27.7 Å². The standard InChI is InChI=1S/C21H26N2O3S/c1-2-6-18-9-11-20(12-10-18)27(25,26)23-15-13-22(14-16-23)21(24)17-19-7-4-3-5-8-19/h3-5,7-12H,2,6,13-17H2,1H3. The number of benzene rings is 2. The van der Waals surface area contributed by atoms with E-state index in [-0.39, 0.29) is 5.91 Å². The number of nitrogens with zero attached hydrogens (tertiary/aromatic N) is 2. The van der Waals surface area contributed by atoms with Gasteiger partial charge in [-0.2, -0.15) is 4.31 Å². The quantitative estimate of drug-likeness (QED) is 0.767. The Morgan fingerprint density at radius 3 is 2.11 bits per heavy atom. The molecule has 0 N–H and O–H groups in total. The minimum atomic E-state index is -3.51. The highest BCUT2D eigenvalue weighted by Gasteiger charge is 2.30. The Morgan fingerprint density at radius 1 is 0.889 bits per heavy atom. The Hall–Kier alpha value is -2.18. The number of aryl methyl sites for hydroxylation is 1. The van der Waals surface area contributed by atoms with Crippen molar-refractivity contribution < 1.29 is 13.2 Å². The molecule has 1 aliphatic heterocycles. The summed E-state index contributed by atoms with van der Waals surface area (Å²) in [4.78, 5) is 14.5. The Balaban J connectivity index is 1.60. The summed E-state index contributed by atoms with van der Waals surface area (Å²) >= 11 is 0. The monoisotopic (exact) mass is 386 g/mol. The summed E-state index contributed by atoms with van der Waals surface area (Å²) in [6, 6.07) is 16.8. The van der Waals surface area contributed by atoms with E-state index in [1.807, 2.05) is 42.5 Å². The van der Waals surface area contributed by atoms with E-state index in [1.165, 1.54) is 4.31 Å². The molecule has 2 aromatic rings. The molecule has 0 aliphatic carbocycles. The zero-order valence-electron chi connectivity index (χ0n) is 15.7. The molecule has 2 aromatic carbocycles. The SMILES string of the molecule is CCCc1ccc(S(=O)(=O)N2CCN(C(=O)Cc3ccccc3)CC2)cc1. The van der Waals surface area contributed by atoms with Gasteiger partial charge in [0.1, 0.15) is 0 Å². The van der Waals surface area contributed by atoms with Gasteiger partial charge in [0.15, 0.2) is 0 Å². The molecule has 0 spiro atoms. The normalized spacial score (nSPS) is 15.7. The van der Waals surface area contributed by atoms with Gasteiger partial charge in [0.25, 0.3) is 0 Å². The van der Waals surface area contributed by atoms with Crippen LogP contribution >= 0.6 is 0 Å². The van der Waals surface area contributed by atoms with E-state index in [0.29, 0.717) is 37.5 Å². The summed E-state index contributed by atoms with van der Waals surface area (Å²) in [6.07, 6.45) is 2.33. The van der Waals surface area contributed by atoms with Crippen LogP contribution in [0.2, 0.25) is 0 Å². The van der Waals surface area contributed by atoms with Gasteiger partial charge < -0.3 is 4.90 Å². The third-order valence-electron chi connectivity index (χ3n) is 4.89. The molecule has 0 aromatic heterocycles. The van der Waals surface area contributed by atoms with Crippen molar-refractivity contribution in [3.63, 3.8) is 0 Å². The maximum absolute atomic E-state index is 12.8. The number of amides is 1. The molecule has 6 heteroatoms. The number of carbonyl (C=O) groups is 1. The predicted octanol–water partition coefficient (Wildman–Crippen LogP) is 2.71. The van der Waals surface area contributed by atoms with Gasteiger partial charge in [-0.3, -0.25) is 4.79 Å². The lowest BCUT2D eigenvalue weighted by atomic mass is 10.1. The predicted molar refractivity (Wildman–Crippen MR) is 106 cm³/mol. The van der Waals surface area contributed by atoms with Crippen molar-refractivity contribution in [3.05, 3.63) is 65.7 Å². The number of sulfonamides is 1. The summed E-state index contributed by atoms with van der Waals surface area (Å²) in [5, 5.41) is 0. The van der Waals surface area contributed by atoms with Crippen molar-refractivity contribution in [3.8, 4) is 0 Å². The molecular formula is C21H26N2O3S. The third-order valence-corrected chi connectivity index (χ3v) is 6.80. The van der Waals surface area contributed by atoms with Crippen molar-refractivity contribution in [1.82, 2.24) is 9.21 Å². The second kappa shape index (κ2) is 8.67. The van der Waals surface area contributed by atoms with Gasteiger partial charge >= 0.3 is 0 Å². The first-order valence-corrected chi connectivity index (χ1v) is 10.9. The van der Waals surface area contributed by atoms with Crippen LogP contribution in [0.25, 0.3) is 0 Å². The molecule has 1 saturated heterocycles. The van der Waals surface area contributed by atoms with Gasteiger partial charge in [-0.1, -0.05) is 55.8 Å². The molecule has 0 saturated carbocycles. The topological polar surface area (TPSA) is 57.7 Å². The Bertz CT molecular complexity index is 856. The van der Waals surface area contributed by atoms with E-state index < -0.39 is 10.0 Å². The maximum Gasteiger partial charge on any atom is 0.243 e. The zero-order chi connectivity index (χ0) is 19.3. The van der Waals surface area contributed by atoms with Crippen LogP contribution < -0.4 is 0 Å². The highest BCUT2D eigenvalue weighted by molar-refractivity contribution is 7.89. The second-order valence-corrected chi connectivity index (χ2v) is 8.78. The van der Waals surface area contributed by atoms with Crippen molar-refractivity contribution in [2.45, 2.75) is 31.1 Å². The smallest absolute Gasteiger partial charge is 0.243 e. The van der Waals surface area contributed by atoms with Crippen molar-refractivity contribution in [1.29, 1.82) is 0 Å². The number of carbonyl (C=O) groups excluding carboxylic acids is 1. The molecule has 5 nitrogen and oxygen atoms in total. The van der Waals surface area contributed by atoms with E-state index in [9.17, 15) is 13.2 Å². The van der Waals surface area contributed by atoms with Crippen LogP contribution in [0.3, 0.4) is 0 Å². The number of piperazine rings is 1. The molecule has 3 rings (SSSR count). The zero-order valence-corrected chi connectivity index (χ0v) is 16.5. The van der Waals surface area contributed by atoms with E-state index in [4.69, 9.17) is 0 Å². The van der Waals surface area contributed by atoms with Crippen LogP contribution in [0.4, 0.5) is 0 Å². The molecule has 1 amide bonds. The molecule has 0 unspecified atom stereocenters. The molecule has 1 heterocycles. The fraction of sp³-hybridized carbons (Fsp3) is 0.381. The Morgan fingerprint density at radius 2 is 1.52 bits per heavy atom. The molecule has 0 bridgehead atoms. The van der Waals surface area contributed by atoms with Gasteiger partial charge in [0, 0.05) is 26.2 Å². The lowest BCUT2D eigenvalue weighted by Gasteiger charge is -2.34. The van der Waals surface area contributed by atoms with Gasteiger partial charge in [0.2, 0.25) is 15.9 Å². The van der Waals surface area contributed by atoms with E-state index in [2.05, 4.69) is 6.92 Å². The summed E-state index contributed by atoms with van der Waals surface area (Å²) in [7, 11) is -3.51. The lowest BCUT2D eigenvalue weighted by molar-refractivity contribution is -0.131. The first-order valence-electron chi connectivity index (χ1n) is 9.41. The van der Waals surface area contributed by atoms with Crippen LogP contribution in [0.5, 0.6) is 0 Å². The van der Waals surface area contributed by atoms with Crippen LogP contribution in [0.15, 0.2) is 59.5 Å². The fourth-order valence-electron chi connectivity index (χ4n) is 3.33. The molecule has 0 atom stereocenters. The Kier molecular flexibility index (Phi) is 6.29.